The number of likely N-dealkylation sites (N-methyl/N-ethyl adjacent to an activating group) is 1. The Morgan fingerprint density at radius 1 is 0.947 bits per heavy atom. The smallest absolute Gasteiger partial charge is 0.294 e. The van der Waals surface area contributed by atoms with Crippen LogP contribution in [0.1, 0.15) is 38.5 Å². The summed E-state index contributed by atoms with van der Waals surface area (Å²) in [4.78, 5) is 32.2. The molecule has 4 nitrogen and oxygen atoms in total. The van der Waals surface area contributed by atoms with Gasteiger partial charge in [-0.2, -0.15) is 0 Å². The highest BCUT2D eigenvalue weighted by atomic mass is 35.5. The number of rotatable bonds is 5. The zero-order chi connectivity index (χ0) is 26.4. The first kappa shape index (κ1) is 24.6. The third kappa shape index (κ3) is 3.79. The van der Waals surface area contributed by atoms with Gasteiger partial charge in [-0.3, -0.25) is 9.59 Å². The molecular formula is C33H30ClN2O2+. The highest BCUT2D eigenvalue weighted by Crippen LogP contribution is 2.51. The van der Waals surface area contributed by atoms with Crippen LogP contribution in [0.25, 0.3) is 0 Å². The van der Waals surface area contributed by atoms with Gasteiger partial charge in [0.05, 0.1) is 31.7 Å². The molecule has 38 heavy (non-hydrogen) atoms. The van der Waals surface area contributed by atoms with E-state index in [1.54, 1.807) is 0 Å². The molecule has 4 aromatic carbocycles. The van der Waals surface area contributed by atoms with Gasteiger partial charge in [0.15, 0.2) is 5.78 Å². The Hall–Kier alpha value is -3.73. The lowest BCUT2D eigenvalue weighted by atomic mass is 9.70. The van der Waals surface area contributed by atoms with E-state index in [9.17, 15) is 9.59 Å². The second-order valence-corrected chi connectivity index (χ2v) is 11.0. The van der Waals surface area contributed by atoms with Crippen molar-refractivity contribution in [3.05, 3.63) is 136 Å². The van der Waals surface area contributed by atoms with Crippen molar-refractivity contribution in [2.24, 2.45) is 5.92 Å². The lowest BCUT2D eigenvalue weighted by Gasteiger charge is -2.33. The molecule has 0 bridgehead atoms. The number of ketones is 1. The van der Waals surface area contributed by atoms with Crippen molar-refractivity contribution in [2.75, 3.05) is 18.5 Å². The SMILES string of the molecule is Cc1ccc(C2C[NH+](C)C3(C(=O)N(Cc4cccc(Cl)c4)c4ccccc43)C2C(=O)c2ccccc2)cc1. The largest absolute Gasteiger partial charge is 0.320 e. The van der Waals surface area contributed by atoms with E-state index in [1.165, 1.54) is 5.56 Å². The molecular weight excluding hydrogens is 492 g/mol. The van der Waals surface area contributed by atoms with E-state index in [2.05, 4.69) is 38.2 Å². The van der Waals surface area contributed by atoms with Crippen molar-refractivity contribution in [3.8, 4) is 0 Å². The molecule has 2 aliphatic heterocycles. The van der Waals surface area contributed by atoms with Crippen molar-refractivity contribution < 1.29 is 14.5 Å². The van der Waals surface area contributed by atoms with E-state index in [0.717, 1.165) is 27.3 Å². The Kier molecular flexibility index (Phi) is 6.17. The molecule has 5 heteroatoms. The van der Waals surface area contributed by atoms with Gasteiger partial charge in [-0.1, -0.05) is 102 Å². The second kappa shape index (κ2) is 9.54. The van der Waals surface area contributed by atoms with Crippen molar-refractivity contribution >= 4 is 29.0 Å². The number of anilines is 1. The minimum atomic E-state index is -1.03. The van der Waals surface area contributed by atoms with Crippen molar-refractivity contribution in [3.63, 3.8) is 0 Å². The molecule has 2 heterocycles. The molecule has 1 saturated heterocycles. The summed E-state index contributed by atoms with van der Waals surface area (Å²) in [5.41, 5.74) is 4.62. The maximum absolute atomic E-state index is 14.8. The van der Waals surface area contributed by atoms with Crippen LogP contribution in [0.5, 0.6) is 0 Å². The number of amides is 1. The summed E-state index contributed by atoms with van der Waals surface area (Å²) in [6.45, 7) is 3.14. The van der Waals surface area contributed by atoms with Crippen LogP contribution in [0, 0.1) is 12.8 Å². The summed E-state index contributed by atoms with van der Waals surface area (Å²) >= 11 is 6.29. The van der Waals surface area contributed by atoms with Crippen LogP contribution in [-0.4, -0.2) is 25.3 Å². The zero-order valence-corrected chi connectivity index (χ0v) is 22.3. The lowest BCUT2D eigenvalue weighted by Crippen LogP contribution is -3.16. The predicted molar refractivity (Wildman–Crippen MR) is 151 cm³/mol. The van der Waals surface area contributed by atoms with E-state index < -0.39 is 11.5 Å². The number of benzene rings is 4. The fourth-order valence-corrected chi connectivity index (χ4v) is 6.84. The van der Waals surface area contributed by atoms with Crippen molar-refractivity contribution in [1.29, 1.82) is 0 Å². The van der Waals surface area contributed by atoms with Gasteiger partial charge < -0.3 is 9.80 Å². The predicted octanol–water partition coefficient (Wildman–Crippen LogP) is 5.20. The Morgan fingerprint density at radius 3 is 2.39 bits per heavy atom. The normalized spacial score (nSPS) is 24.1. The van der Waals surface area contributed by atoms with Gasteiger partial charge in [0.1, 0.15) is 5.92 Å². The van der Waals surface area contributed by atoms with Crippen LogP contribution in [0.4, 0.5) is 5.69 Å². The number of para-hydroxylation sites is 1. The average Bonchev–Trinajstić information content (AvgIpc) is 3.37. The molecule has 2 aliphatic rings. The molecule has 1 amide bonds. The Morgan fingerprint density at radius 2 is 1.66 bits per heavy atom. The molecule has 4 aromatic rings. The highest BCUT2D eigenvalue weighted by molar-refractivity contribution is 6.30. The Balaban J connectivity index is 1.54. The summed E-state index contributed by atoms with van der Waals surface area (Å²) in [5.74, 6) is -0.669. The van der Waals surface area contributed by atoms with Gasteiger partial charge in [0.25, 0.3) is 5.91 Å². The van der Waals surface area contributed by atoms with Crippen molar-refractivity contribution in [2.45, 2.75) is 24.9 Å². The van der Waals surface area contributed by atoms with Gasteiger partial charge in [-0.15, -0.1) is 0 Å². The van der Waals surface area contributed by atoms with Crippen LogP contribution < -0.4 is 9.80 Å². The van der Waals surface area contributed by atoms with Crippen LogP contribution in [-0.2, 0) is 16.9 Å². The maximum Gasteiger partial charge on any atom is 0.294 e. The molecule has 4 atom stereocenters. The Bertz CT molecular complexity index is 1520. The van der Waals surface area contributed by atoms with Crippen LogP contribution in [0.15, 0.2) is 103 Å². The number of hydrogen-bond donors (Lipinski definition) is 1. The summed E-state index contributed by atoms with van der Waals surface area (Å²) in [5, 5.41) is 0.636. The topological polar surface area (TPSA) is 41.8 Å². The molecule has 1 N–H and O–H groups in total. The van der Waals surface area contributed by atoms with Crippen LogP contribution in [0.3, 0.4) is 0 Å². The van der Waals surface area contributed by atoms with Gasteiger partial charge in [0.2, 0.25) is 5.54 Å². The first-order valence-electron chi connectivity index (χ1n) is 13.1. The molecule has 1 fully saturated rings. The summed E-state index contributed by atoms with van der Waals surface area (Å²) in [6, 6.07) is 33.5. The lowest BCUT2D eigenvalue weighted by molar-refractivity contribution is -0.918. The van der Waals surface area contributed by atoms with E-state index in [-0.39, 0.29) is 17.6 Å². The number of likely N-dealkylation sites (tertiary alicyclic amines) is 1. The van der Waals surface area contributed by atoms with E-state index in [4.69, 9.17) is 11.6 Å². The fourth-order valence-electron chi connectivity index (χ4n) is 6.63. The van der Waals surface area contributed by atoms with E-state index in [1.807, 2.05) is 83.8 Å². The number of carbonyl (C=O) groups excluding carboxylic acids is 2. The molecule has 6 rings (SSSR count). The number of aryl methyl sites for hydroxylation is 1. The standard InChI is InChI=1S/C33H29ClN2O2/c1-22-15-17-24(18-16-22)27-21-35(2)33(30(27)31(37)25-10-4-3-5-11-25)28-13-6-7-14-29(28)36(32(33)38)20-23-9-8-12-26(34)19-23/h3-19,27,30H,20-21H2,1-2H3/p+1. The third-order valence-corrected chi connectivity index (χ3v) is 8.58. The van der Waals surface area contributed by atoms with E-state index in [0.29, 0.717) is 23.7 Å². The summed E-state index contributed by atoms with van der Waals surface area (Å²) in [7, 11) is 2.07. The number of nitrogens with one attached hydrogen (secondary N) is 1. The zero-order valence-electron chi connectivity index (χ0n) is 21.5. The van der Waals surface area contributed by atoms with Crippen LogP contribution in [0.2, 0.25) is 5.02 Å². The number of nitrogens with zero attached hydrogens (tertiary/aromatic N) is 1. The van der Waals surface area contributed by atoms with Crippen LogP contribution >= 0.6 is 11.6 Å². The van der Waals surface area contributed by atoms with Gasteiger partial charge in [-0.05, 0) is 36.2 Å². The number of carbonyl (C=O) groups is 2. The molecule has 190 valence electrons. The number of quaternary nitrogens is 1. The van der Waals surface area contributed by atoms with Crippen molar-refractivity contribution in [1.82, 2.24) is 0 Å². The molecule has 0 saturated carbocycles. The molecule has 1 spiro atoms. The maximum atomic E-state index is 14.8. The number of hydrogen-bond acceptors (Lipinski definition) is 2. The van der Waals surface area contributed by atoms with E-state index >= 15 is 0 Å². The molecule has 0 aromatic heterocycles. The number of Topliss-reactive ketones (excluding diaryl/α,β-unsaturated/α-hetero) is 1. The monoisotopic (exact) mass is 521 g/mol. The highest BCUT2D eigenvalue weighted by Gasteiger charge is 2.69. The number of fused-ring (bicyclic) bond motifs is 2. The van der Waals surface area contributed by atoms with Gasteiger partial charge in [0, 0.05) is 16.1 Å². The molecule has 0 aliphatic carbocycles. The third-order valence-electron chi connectivity index (χ3n) is 8.35. The first-order chi connectivity index (χ1) is 18.4. The minimum Gasteiger partial charge on any atom is -0.320 e. The second-order valence-electron chi connectivity index (χ2n) is 10.6. The van der Waals surface area contributed by atoms with Gasteiger partial charge in [-0.25, -0.2) is 0 Å². The fraction of sp³-hybridized carbons (Fsp3) is 0.212. The quantitative estimate of drug-likeness (QED) is 0.367. The average molecular weight is 522 g/mol. The molecule has 4 unspecified atom stereocenters. The first-order valence-corrected chi connectivity index (χ1v) is 13.4. The summed E-state index contributed by atoms with van der Waals surface area (Å²) < 4.78 is 0. The van der Waals surface area contributed by atoms with Gasteiger partial charge >= 0.3 is 0 Å². The minimum absolute atomic E-state index is 0.0146. The number of halogens is 1. The Labute approximate surface area is 228 Å². The molecule has 0 radical (unpaired) electrons. The summed E-state index contributed by atoms with van der Waals surface area (Å²) in [6.07, 6.45) is 0.